The van der Waals surface area contributed by atoms with Gasteiger partial charge in [-0.3, -0.25) is 4.79 Å². The molecule has 0 rings (SSSR count). The lowest BCUT2D eigenvalue weighted by atomic mass is 10.3. The van der Waals surface area contributed by atoms with Crippen molar-refractivity contribution in [3.8, 4) is 0 Å². The summed E-state index contributed by atoms with van der Waals surface area (Å²) in [6.07, 6.45) is 0.249. The number of aliphatic carboxylic acids is 1. The molecule has 0 saturated carbocycles. The van der Waals surface area contributed by atoms with Crippen LogP contribution in [0.4, 0.5) is 0 Å². The van der Waals surface area contributed by atoms with E-state index in [0.29, 0.717) is 17.9 Å². The highest BCUT2D eigenvalue weighted by Gasteiger charge is 2.17. The monoisotopic (exact) mass is 235 g/mol. The summed E-state index contributed by atoms with van der Waals surface area (Å²) in [5.41, 5.74) is 0. The molecule has 0 aromatic heterocycles. The van der Waals surface area contributed by atoms with Crippen molar-refractivity contribution in [2.75, 3.05) is 11.5 Å². The Labute approximate surface area is 93.2 Å². The van der Waals surface area contributed by atoms with Gasteiger partial charge < -0.3 is 15.5 Å². The van der Waals surface area contributed by atoms with Crippen LogP contribution < -0.4 is 5.32 Å². The highest BCUT2D eigenvalue weighted by molar-refractivity contribution is 7.99. The van der Waals surface area contributed by atoms with Gasteiger partial charge in [0.2, 0.25) is 5.91 Å². The van der Waals surface area contributed by atoms with Crippen LogP contribution in [0.5, 0.6) is 0 Å². The average molecular weight is 235 g/mol. The van der Waals surface area contributed by atoms with E-state index in [1.165, 1.54) is 18.7 Å². The van der Waals surface area contributed by atoms with E-state index in [1.54, 1.807) is 6.92 Å². The van der Waals surface area contributed by atoms with Gasteiger partial charge in [0.05, 0.1) is 6.10 Å². The maximum Gasteiger partial charge on any atom is 0.327 e. The molecule has 6 heteroatoms. The predicted octanol–water partition coefficient (Wildman–Crippen LogP) is 0.0798. The minimum Gasteiger partial charge on any atom is -0.480 e. The molecule has 0 bridgehead atoms. The Morgan fingerprint density at radius 3 is 2.47 bits per heavy atom. The summed E-state index contributed by atoms with van der Waals surface area (Å²) in [5.74, 6) is -0.379. The quantitative estimate of drug-likeness (QED) is 0.544. The van der Waals surface area contributed by atoms with E-state index in [-0.39, 0.29) is 12.0 Å². The molecule has 5 nitrogen and oxygen atoms in total. The van der Waals surface area contributed by atoms with Gasteiger partial charge >= 0.3 is 5.97 Å². The fraction of sp³-hybridized carbons (Fsp3) is 0.778. The number of carbonyl (C=O) groups excluding carboxylic acids is 1. The number of carbonyl (C=O) groups is 2. The molecule has 0 radical (unpaired) electrons. The molecular formula is C9H17NO4S. The van der Waals surface area contributed by atoms with Crippen molar-refractivity contribution >= 4 is 23.6 Å². The van der Waals surface area contributed by atoms with Crippen LogP contribution in [0.1, 0.15) is 20.3 Å². The number of rotatable bonds is 7. The van der Waals surface area contributed by atoms with Gasteiger partial charge in [0.15, 0.2) is 0 Å². The first kappa shape index (κ1) is 14.2. The van der Waals surface area contributed by atoms with Gasteiger partial charge in [0.1, 0.15) is 6.04 Å². The summed E-state index contributed by atoms with van der Waals surface area (Å²) in [5, 5.41) is 20.1. The van der Waals surface area contributed by atoms with Crippen LogP contribution in [0.25, 0.3) is 0 Å². The van der Waals surface area contributed by atoms with Crippen molar-refractivity contribution < 1.29 is 19.8 Å². The first-order valence-corrected chi connectivity index (χ1v) is 5.84. The second-order valence-electron chi connectivity index (χ2n) is 3.30. The Bertz CT molecular complexity index is 220. The molecule has 0 aliphatic heterocycles. The predicted molar refractivity (Wildman–Crippen MR) is 58.9 cm³/mol. The van der Waals surface area contributed by atoms with Gasteiger partial charge in [-0.15, -0.1) is 0 Å². The minimum absolute atomic E-state index is 0.321. The summed E-state index contributed by atoms with van der Waals surface area (Å²) in [6, 6.07) is -0.846. The van der Waals surface area contributed by atoms with Crippen LogP contribution >= 0.6 is 11.8 Å². The normalized spacial score (nSPS) is 14.3. The van der Waals surface area contributed by atoms with E-state index in [9.17, 15) is 9.59 Å². The number of carboxylic acids is 1. The minimum atomic E-state index is -1.03. The molecule has 3 N–H and O–H groups in total. The standard InChI is InChI=1S/C9H17NO4S/c1-6(11)3-4-15-5-8(9(13)14)10-7(2)12/h6,8,11H,3-5H2,1-2H3,(H,10,12)(H,13,14)/t6?,8-/m0/s1. The second kappa shape index (κ2) is 7.53. The average Bonchev–Trinajstić information content (AvgIpc) is 2.08. The van der Waals surface area contributed by atoms with Crippen molar-refractivity contribution in [3.63, 3.8) is 0 Å². The number of aliphatic hydroxyl groups excluding tert-OH is 1. The lowest BCUT2D eigenvalue weighted by Crippen LogP contribution is -2.41. The molecule has 0 aromatic rings. The Balaban J connectivity index is 3.77. The third-order valence-corrected chi connectivity index (χ3v) is 2.73. The van der Waals surface area contributed by atoms with Crippen LogP contribution in [-0.2, 0) is 9.59 Å². The van der Waals surface area contributed by atoms with E-state index in [4.69, 9.17) is 10.2 Å². The summed E-state index contributed by atoms with van der Waals surface area (Å²) < 4.78 is 0. The van der Waals surface area contributed by atoms with Gasteiger partial charge in [0, 0.05) is 12.7 Å². The first-order chi connectivity index (χ1) is 6.93. The molecule has 0 saturated heterocycles. The third kappa shape index (κ3) is 8.26. The largest absolute Gasteiger partial charge is 0.480 e. The van der Waals surface area contributed by atoms with E-state index in [0.717, 1.165) is 0 Å². The van der Waals surface area contributed by atoms with Crippen LogP contribution in [0.15, 0.2) is 0 Å². The summed E-state index contributed by atoms with van der Waals surface area (Å²) >= 11 is 1.40. The number of nitrogens with one attached hydrogen (secondary N) is 1. The molecule has 0 aromatic carbocycles. The van der Waals surface area contributed by atoms with Crippen molar-refractivity contribution in [3.05, 3.63) is 0 Å². The molecule has 15 heavy (non-hydrogen) atoms. The van der Waals surface area contributed by atoms with Crippen molar-refractivity contribution in [2.45, 2.75) is 32.4 Å². The van der Waals surface area contributed by atoms with Crippen molar-refractivity contribution in [2.24, 2.45) is 0 Å². The first-order valence-electron chi connectivity index (χ1n) is 4.69. The highest BCUT2D eigenvalue weighted by atomic mass is 32.2. The van der Waals surface area contributed by atoms with E-state index in [1.807, 2.05) is 0 Å². The molecule has 0 spiro atoms. The van der Waals surface area contributed by atoms with E-state index >= 15 is 0 Å². The number of thioether (sulfide) groups is 1. The van der Waals surface area contributed by atoms with Crippen LogP contribution in [-0.4, -0.2) is 45.7 Å². The molecule has 0 heterocycles. The zero-order valence-corrected chi connectivity index (χ0v) is 9.71. The number of hydrogen-bond acceptors (Lipinski definition) is 4. The molecule has 0 fully saturated rings. The van der Waals surface area contributed by atoms with E-state index in [2.05, 4.69) is 5.32 Å². The van der Waals surface area contributed by atoms with Gasteiger partial charge in [-0.1, -0.05) is 0 Å². The van der Waals surface area contributed by atoms with Gasteiger partial charge in [0.25, 0.3) is 0 Å². The number of aliphatic hydroxyl groups is 1. The SMILES string of the molecule is CC(=O)N[C@@H](CSCCC(C)O)C(=O)O. The molecule has 1 amide bonds. The van der Waals surface area contributed by atoms with Gasteiger partial charge in [-0.25, -0.2) is 4.79 Å². The fourth-order valence-corrected chi connectivity index (χ4v) is 2.01. The number of carboxylic acid groups (broad SMARTS) is 1. The lowest BCUT2D eigenvalue weighted by molar-refractivity contribution is -0.140. The Morgan fingerprint density at radius 2 is 2.07 bits per heavy atom. The highest BCUT2D eigenvalue weighted by Crippen LogP contribution is 2.07. The van der Waals surface area contributed by atoms with Crippen LogP contribution in [0, 0.1) is 0 Å². The Kier molecular flexibility index (Phi) is 7.15. The lowest BCUT2D eigenvalue weighted by Gasteiger charge is -2.12. The number of amides is 1. The topological polar surface area (TPSA) is 86.6 Å². The summed E-state index contributed by atoms with van der Waals surface area (Å²) in [6.45, 7) is 2.97. The zero-order valence-electron chi connectivity index (χ0n) is 8.90. The number of hydrogen-bond donors (Lipinski definition) is 3. The Hall–Kier alpha value is -0.750. The Morgan fingerprint density at radius 1 is 1.47 bits per heavy atom. The van der Waals surface area contributed by atoms with Gasteiger partial charge in [-0.2, -0.15) is 11.8 Å². The third-order valence-electron chi connectivity index (χ3n) is 1.64. The van der Waals surface area contributed by atoms with Gasteiger partial charge in [-0.05, 0) is 19.1 Å². The second-order valence-corrected chi connectivity index (χ2v) is 4.45. The molecule has 0 aliphatic carbocycles. The summed E-state index contributed by atoms with van der Waals surface area (Å²) in [4.78, 5) is 21.4. The fourth-order valence-electron chi connectivity index (χ4n) is 0.875. The molecule has 2 atom stereocenters. The molecule has 1 unspecified atom stereocenters. The summed E-state index contributed by atoms with van der Waals surface area (Å²) in [7, 11) is 0. The van der Waals surface area contributed by atoms with E-state index < -0.39 is 12.0 Å². The molecule has 0 aliphatic rings. The maximum absolute atomic E-state index is 10.7. The molecular weight excluding hydrogens is 218 g/mol. The maximum atomic E-state index is 10.7. The van der Waals surface area contributed by atoms with Crippen molar-refractivity contribution in [1.82, 2.24) is 5.32 Å². The molecule has 88 valence electrons. The zero-order chi connectivity index (χ0) is 11.8. The van der Waals surface area contributed by atoms with Crippen LogP contribution in [0.2, 0.25) is 0 Å². The van der Waals surface area contributed by atoms with Crippen LogP contribution in [0.3, 0.4) is 0 Å². The smallest absolute Gasteiger partial charge is 0.327 e. The van der Waals surface area contributed by atoms with Crippen molar-refractivity contribution in [1.29, 1.82) is 0 Å².